The van der Waals surface area contributed by atoms with E-state index in [4.69, 9.17) is 11.5 Å². The van der Waals surface area contributed by atoms with Gasteiger partial charge in [0.05, 0.1) is 6.04 Å². The SMILES string of the molecule is NCCC(=O)C(N)CS. The molecule has 0 radical (unpaired) electrons. The van der Waals surface area contributed by atoms with Crippen LogP contribution in [0.25, 0.3) is 0 Å². The van der Waals surface area contributed by atoms with Crippen LogP contribution in [0.2, 0.25) is 0 Å². The zero-order chi connectivity index (χ0) is 7.28. The van der Waals surface area contributed by atoms with E-state index in [-0.39, 0.29) is 5.78 Å². The fraction of sp³-hybridized carbons (Fsp3) is 0.800. The number of hydrogen-bond donors (Lipinski definition) is 3. The van der Waals surface area contributed by atoms with Crippen LogP contribution in [0.1, 0.15) is 6.42 Å². The van der Waals surface area contributed by atoms with Crippen molar-refractivity contribution in [2.45, 2.75) is 12.5 Å². The van der Waals surface area contributed by atoms with Gasteiger partial charge in [-0.15, -0.1) is 0 Å². The van der Waals surface area contributed by atoms with Crippen LogP contribution in [0.4, 0.5) is 0 Å². The number of carbonyl (C=O) groups is 1. The van der Waals surface area contributed by atoms with Gasteiger partial charge in [0, 0.05) is 12.2 Å². The van der Waals surface area contributed by atoms with Crippen molar-refractivity contribution in [3.8, 4) is 0 Å². The Morgan fingerprint density at radius 2 is 2.22 bits per heavy atom. The van der Waals surface area contributed by atoms with Crippen molar-refractivity contribution in [3.63, 3.8) is 0 Å². The van der Waals surface area contributed by atoms with Crippen LogP contribution in [0.5, 0.6) is 0 Å². The van der Waals surface area contributed by atoms with E-state index in [1.807, 2.05) is 0 Å². The van der Waals surface area contributed by atoms with Crippen molar-refractivity contribution < 1.29 is 4.79 Å². The van der Waals surface area contributed by atoms with Crippen LogP contribution in [-0.2, 0) is 4.79 Å². The number of carbonyl (C=O) groups excluding carboxylic acids is 1. The summed E-state index contributed by atoms with van der Waals surface area (Å²) in [6.45, 7) is 0.375. The van der Waals surface area contributed by atoms with Crippen LogP contribution < -0.4 is 11.5 Å². The Labute approximate surface area is 60.2 Å². The first-order chi connectivity index (χ1) is 4.22. The Kier molecular flexibility index (Phi) is 4.75. The third-order valence-electron chi connectivity index (χ3n) is 1.00. The van der Waals surface area contributed by atoms with Gasteiger partial charge in [0.1, 0.15) is 0 Å². The zero-order valence-corrected chi connectivity index (χ0v) is 6.10. The van der Waals surface area contributed by atoms with Crippen LogP contribution in [0.3, 0.4) is 0 Å². The molecule has 0 aliphatic rings. The van der Waals surface area contributed by atoms with Gasteiger partial charge in [-0.25, -0.2) is 0 Å². The third kappa shape index (κ3) is 3.51. The van der Waals surface area contributed by atoms with Crippen LogP contribution in [0, 0.1) is 0 Å². The van der Waals surface area contributed by atoms with Crippen molar-refractivity contribution in [1.29, 1.82) is 0 Å². The molecule has 0 rings (SSSR count). The summed E-state index contributed by atoms with van der Waals surface area (Å²) < 4.78 is 0. The third-order valence-corrected chi connectivity index (χ3v) is 1.39. The fourth-order valence-electron chi connectivity index (χ4n) is 0.429. The average Bonchev–Trinajstić information content (AvgIpc) is 1.87. The number of nitrogens with two attached hydrogens (primary N) is 2. The molecule has 9 heavy (non-hydrogen) atoms. The van der Waals surface area contributed by atoms with Gasteiger partial charge in [-0.1, -0.05) is 0 Å². The second kappa shape index (κ2) is 4.78. The molecule has 54 valence electrons. The summed E-state index contributed by atoms with van der Waals surface area (Å²) in [5.74, 6) is 0.395. The van der Waals surface area contributed by atoms with E-state index in [9.17, 15) is 4.79 Å². The van der Waals surface area contributed by atoms with E-state index in [0.717, 1.165) is 0 Å². The quantitative estimate of drug-likeness (QED) is 0.455. The van der Waals surface area contributed by atoms with E-state index in [1.54, 1.807) is 0 Å². The molecule has 0 aliphatic carbocycles. The van der Waals surface area contributed by atoms with E-state index in [0.29, 0.717) is 18.7 Å². The van der Waals surface area contributed by atoms with Crippen LogP contribution in [0.15, 0.2) is 0 Å². The molecule has 3 nitrogen and oxygen atoms in total. The minimum Gasteiger partial charge on any atom is -0.330 e. The number of Topliss-reactive ketones (excluding diaryl/α,β-unsaturated/α-hetero) is 1. The van der Waals surface area contributed by atoms with Gasteiger partial charge in [-0.3, -0.25) is 4.79 Å². The molecule has 0 aromatic rings. The van der Waals surface area contributed by atoms with E-state index < -0.39 is 6.04 Å². The highest BCUT2D eigenvalue weighted by atomic mass is 32.1. The zero-order valence-electron chi connectivity index (χ0n) is 5.21. The van der Waals surface area contributed by atoms with Gasteiger partial charge in [0.2, 0.25) is 0 Å². The summed E-state index contributed by atoms with van der Waals surface area (Å²) in [4.78, 5) is 10.7. The van der Waals surface area contributed by atoms with Crippen LogP contribution >= 0.6 is 12.6 Å². The molecule has 0 aliphatic heterocycles. The number of rotatable bonds is 4. The smallest absolute Gasteiger partial charge is 0.151 e. The largest absolute Gasteiger partial charge is 0.330 e. The fourth-order valence-corrected chi connectivity index (χ4v) is 0.633. The molecule has 0 spiro atoms. The lowest BCUT2D eigenvalue weighted by Gasteiger charge is -2.03. The topological polar surface area (TPSA) is 69.1 Å². The molecule has 0 amide bonds. The predicted octanol–water partition coefficient (Wildman–Crippen LogP) is -0.839. The van der Waals surface area contributed by atoms with Crippen molar-refractivity contribution >= 4 is 18.4 Å². The number of thiol groups is 1. The summed E-state index contributed by atoms with van der Waals surface area (Å²) in [6.07, 6.45) is 0.363. The molecule has 0 heterocycles. The summed E-state index contributed by atoms with van der Waals surface area (Å²) in [5.41, 5.74) is 10.4. The Balaban J connectivity index is 3.46. The first-order valence-electron chi connectivity index (χ1n) is 2.81. The molecular weight excluding hydrogens is 136 g/mol. The standard InChI is InChI=1S/C5H12N2OS/c6-2-1-5(8)4(7)3-9/h4,9H,1-3,6-7H2. The summed E-state index contributed by atoms with van der Waals surface area (Å²) in [5, 5.41) is 0. The molecule has 4 N–H and O–H groups in total. The summed E-state index contributed by atoms with van der Waals surface area (Å²) >= 11 is 3.86. The maximum absolute atomic E-state index is 10.7. The first-order valence-corrected chi connectivity index (χ1v) is 3.44. The van der Waals surface area contributed by atoms with Crippen LogP contribution in [-0.4, -0.2) is 24.1 Å². The normalized spacial score (nSPS) is 13.2. The minimum absolute atomic E-state index is 0.00694. The van der Waals surface area contributed by atoms with Gasteiger partial charge < -0.3 is 11.5 Å². The first kappa shape index (κ1) is 8.94. The molecule has 4 heteroatoms. The van der Waals surface area contributed by atoms with E-state index in [2.05, 4.69) is 12.6 Å². The Bertz CT molecular complexity index is 97.0. The minimum atomic E-state index is -0.433. The molecule has 0 saturated carbocycles. The second-order valence-corrected chi connectivity index (χ2v) is 2.16. The second-order valence-electron chi connectivity index (χ2n) is 1.79. The van der Waals surface area contributed by atoms with Crippen molar-refractivity contribution in [1.82, 2.24) is 0 Å². The molecular formula is C5H12N2OS. The molecule has 1 atom stereocenters. The Morgan fingerprint density at radius 1 is 1.67 bits per heavy atom. The van der Waals surface area contributed by atoms with Gasteiger partial charge in [0.15, 0.2) is 5.78 Å². The molecule has 1 unspecified atom stereocenters. The predicted molar refractivity (Wildman–Crippen MR) is 40.5 cm³/mol. The summed E-state index contributed by atoms with van der Waals surface area (Å²) in [7, 11) is 0. The summed E-state index contributed by atoms with van der Waals surface area (Å²) in [6, 6.07) is -0.433. The lowest BCUT2D eigenvalue weighted by Crippen LogP contribution is -2.33. The Morgan fingerprint density at radius 3 is 2.56 bits per heavy atom. The number of ketones is 1. The highest BCUT2D eigenvalue weighted by molar-refractivity contribution is 7.80. The van der Waals surface area contributed by atoms with Gasteiger partial charge in [-0.2, -0.15) is 12.6 Å². The van der Waals surface area contributed by atoms with Gasteiger partial charge in [0.25, 0.3) is 0 Å². The van der Waals surface area contributed by atoms with Crippen molar-refractivity contribution in [3.05, 3.63) is 0 Å². The van der Waals surface area contributed by atoms with E-state index >= 15 is 0 Å². The monoisotopic (exact) mass is 148 g/mol. The van der Waals surface area contributed by atoms with Gasteiger partial charge in [-0.05, 0) is 6.54 Å². The lowest BCUT2D eigenvalue weighted by atomic mass is 10.2. The molecule has 0 aromatic carbocycles. The van der Waals surface area contributed by atoms with Crippen molar-refractivity contribution in [2.24, 2.45) is 11.5 Å². The Hall–Kier alpha value is -0.0600. The lowest BCUT2D eigenvalue weighted by molar-refractivity contribution is -0.119. The highest BCUT2D eigenvalue weighted by Gasteiger charge is 2.08. The highest BCUT2D eigenvalue weighted by Crippen LogP contribution is 1.88. The molecule has 0 bridgehead atoms. The average molecular weight is 148 g/mol. The molecule has 0 aromatic heterocycles. The maximum Gasteiger partial charge on any atom is 0.151 e. The number of hydrogen-bond acceptors (Lipinski definition) is 4. The molecule has 0 fully saturated rings. The molecule has 0 saturated heterocycles. The van der Waals surface area contributed by atoms with E-state index in [1.165, 1.54) is 0 Å². The maximum atomic E-state index is 10.7. The van der Waals surface area contributed by atoms with Crippen molar-refractivity contribution in [2.75, 3.05) is 12.3 Å². The van der Waals surface area contributed by atoms with Gasteiger partial charge >= 0.3 is 0 Å².